The van der Waals surface area contributed by atoms with Crippen LogP contribution in [0.2, 0.25) is 0 Å². The summed E-state index contributed by atoms with van der Waals surface area (Å²) in [4.78, 5) is 9.00. The molecule has 33 heavy (non-hydrogen) atoms. The summed E-state index contributed by atoms with van der Waals surface area (Å²) in [6.45, 7) is 11.2. The van der Waals surface area contributed by atoms with Gasteiger partial charge in [0, 0.05) is 13.1 Å². The zero-order valence-corrected chi connectivity index (χ0v) is 22.1. The van der Waals surface area contributed by atoms with E-state index >= 15 is 0 Å². The van der Waals surface area contributed by atoms with Gasteiger partial charge in [-0.3, -0.25) is 4.79 Å². The Balaban J connectivity index is 0.000000709. The van der Waals surface area contributed by atoms with Crippen molar-refractivity contribution in [3.05, 3.63) is 0 Å². The lowest BCUT2D eigenvalue weighted by atomic mass is 9.44. The van der Waals surface area contributed by atoms with Crippen LogP contribution in [-0.4, -0.2) is 22.5 Å². The average Bonchev–Trinajstić information content (AvgIpc) is 3.10. The molecule has 2 unspecified atom stereocenters. The van der Waals surface area contributed by atoms with Gasteiger partial charge in [0.05, 0.1) is 0 Å². The van der Waals surface area contributed by atoms with Crippen LogP contribution < -0.4 is 0 Å². The number of rotatable bonds is 6. The molecule has 0 saturated heterocycles. The maximum absolute atomic E-state index is 9.00. The third kappa shape index (κ3) is 5.61. The normalized spacial score (nSPS) is 41.8. The van der Waals surface area contributed by atoms with E-state index in [0.717, 1.165) is 48.9 Å². The van der Waals surface area contributed by atoms with Crippen LogP contribution in [0.25, 0.3) is 0 Å². The summed E-state index contributed by atoms with van der Waals surface area (Å²) in [5, 5.41) is 19.4. The van der Waals surface area contributed by atoms with E-state index in [9.17, 15) is 0 Å². The highest BCUT2D eigenvalue weighted by molar-refractivity contribution is 5.63. The fourth-order valence-electron chi connectivity index (χ4n) is 9.42. The predicted octanol–water partition coefficient (Wildman–Crippen LogP) is 8.03. The highest BCUT2D eigenvalue weighted by atomic mass is 16.4. The molecule has 2 N–H and O–H groups in total. The maximum Gasteiger partial charge on any atom is 0.300 e. The maximum atomic E-state index is 9.00. The molecule has 0 heterocycles. The lowest BCUT2D eigenvalue weighted by Gasteiger charge is -2.61. The molecule has 4 nitrogen and oxygen atoms in total. The number of fused-ring (bicyclic) bond motifs is 5. The van der Waals surface area contributed by atoms with Crippen molar-refractivity contribution in [2.75, 3.05) is 0 Å². The topological polar surface area (TPSA) is 69.9 Å². The summed E-state index contributed by atoms with van der Waals surface area (Å²) in [5.74, 6) is 5.48. The molecule has 190 valence electrons. The molecule has 0 amide bonds. The van der Waals surface area contributed by atoms with Gasteiger partial charge >= 0.3 is 0 Å². The first-order valence-electron chi connectivity index (χ1n) is 14.0. The number of nitrogens with zero attached hydrogens (tertiary/aromatic N) is 1. The van der Waals surface area contributed by atoms with Crippen molar-refractivity contribution < 1.29 is 15.1 Å². The molecule has 4 aliphatic carbocycles. The largest absolute Gasteiger partial charge is 0.481 e. The summed E-state index contributed by atoms with van der Waals surface area (Å²) in [7, 11) is 0. The van der Waals surface area contributed by atoms with Crippen LogP contribution in [0.4, 0.5) is 0 Å². The molecule has 0 bridgehead atoms. The van der Waals surface area contributed by atoms with Crippen molar-refractivity contribution in [1.82, 2.24) is 0 Å². The molecule has 4 aliphatic rings. The molecule has 4 fully saturated rings. The molecule has 0 aromatic heterocycles. The van der Waals surface area contributed by atoms with Crippen molar-refractivity contribution in [2.45, 2.75) is 118 Å². The second-order valence-corrected chi connectivity index (χ2v) is 12.8. The zero-order valence-electron chi connectivity index (χ0n) is 22.1. The average molecular weight is 462 g/mol. The molecule has 0 aliphatic heterocycles. The number of hydrogen-bond acceptors (Lipinski definition) is 3. The molecular formula is C29H51NO3. The molecular weight excluding hydrogens is 410 g/mol. The van der Waals surface area contributed by atoms with Crippen molar-refractivity contribution in [3.63, 3.8) is 0 Å². The first-order chi connectivity index (χ1) is 15.6. The summed E-state index contributed by atoms with van der Waals surface area (Å²) in [5.41, 5.74) is 1.28. The van der Waals surface area contributed by atoms with E-state index in [1.807, 2.05) is 0 Å². The lowest BCUT2D eigenvalue weighted by molar-refractivity contribution is -0.134. The van der Waals surface area contributed by atoms with Crippen LogP contribution in [0, 0.1) is 52.3 Å². The highest BCUT2D eigenvalue weighted by Crippen LogP contribution is 2.68. The predicted molar refractivity (Wildman–Crippen MR) is 136 cm³/mol. The molecule has 9 atom stereocenters. The minimum Gasteiger partial charge on any atom is -0.481 e. The number of aliphatic carboxylic acids is 1. The second-order valence-electron chi connectivity index (χ2n) is 12.8. The first kappa shape index (κ1) is 26.5. The SMILES string of the molecule is CC(=O)O.CC(C=NO)CCC[C@@H](C)[C@H]1CC[C@H]2[C@@H]3CCC4CCCC[C@]4(C)[C@H]3CC[C@]12C. The summed E-state index contributed by atoms with van der Waals surface area (Å²) >= 11 is 0. The Hall–Kier alpha value is -1.06. The van der Waals surface area contributed by atoms with E-state index in [1.165, 1.54) is 70.6 Å². The van der Waals surface area contributed by atoms with E-state index in [4.69, 9.17) is 15.1 Å². The van der Waals surface area contributed by atoms with Gasteiger partial charge in [0.2, 0.25) is 0 Å². The summed E-state index contributed by atoms with van der Waals surface area (Å²) < 4.78 is 0. The Bertz CT molecular complexity index is 674. The molecule has 0 radical (unpaired) electrons. The number of carboxylic acid groups (broad SMARTS) is 1. The van der Waals surface area contributed by atoms with Gasteiger partial charge in [-0.05, 0) is 110 Å². The van der Waals surface area contributed by atoms with E-state index < -0.39 is 5.97 Å². The minimum absolute atomic E-state index is 0.404. The molecule has 0 spiro atoms. The van der Waals surface area contributed by atoms with E-state index in [1.54, 1.807) is 12.6 Å². The van der Waals surface area contributed by atoms with Gasteiger partial charge < -0.3 is 10.3 Å². The molecule has 0 aromatic carbocycles. The lowest BCUT2D eigenvalue weighted by Crippen LogP contribution is -2.53. The zero-order chi connectivity index (χ0) is 24.2. The number of carboxylic acids is 1. The van der Waals surface area contributed by atoms with Gasteiger partial charge in [-0.15, -0.1) is 5.16 Å². The number of hydrogen-bond donors (Lipinski definition) is 2. The highest BCUT2D eigenvalue weighted by Gasteiger charge is 2.59. The van der Waals surface area contributed by atoms with Crippen molar-refractivity contribution >= 4 is 12.2 Å². The second kappa shape index (κ2) is 11.1. The van der Waals surface area contributed by atoms with Crippen LogP contribution >= 0.6 is 0 Å². The van der Waals surface area contributed by atoms with Crippen LogP contribution in [0.5, 0.6) is 0 Å². The quantitative estimate of drug-likeness (QED) is 0.239. The van der Waals surface area contributed by atoms with Crippen molar-refractivity contribution in [2.24, 2.45) is 57.4 Å². The van der Waals surface area contributed by atoms with E-state index in [0.29, 0.717) is 16.7 Å². The van der Waals surface area contributed by atoms with E-state index in [2.05, 4.69) is 32.9 Å². The summed E-state index contributed by atoms with van der Waals surface area (Å²) in [6.07, 6.45) is 20.6. The van der Waals surface area contributed by atoms with Crippen LogP contribution in [0.1, 0.15) is 118 Å². The molecule has 0 aromatic rings. The standard InChI is InChI=1S/C27H47NO.C2H4O2/c1-19(18-28-29)8-7-9-20(2)23-13-14-24-22-12-11-21-10-5-6-16-26(21,3)25(22)15-17-27(23,24)4;1-2(3)4/h18-25,29H,5-17H2,1-4H3;1H3,(H,3,4)/t19?,20-,21?,22+,23-,24+,25+,26+,27-;/m1./s1. The van der Waals surface area contributed by atoms with Gasteiger partial charge in [0.1, 0.15) is 0 Å². The Morgan fingerprint density at radius 1 is 0.970 bits per heavy atom. The van der Waals surface area contributed by atoms with Gasteiger partial charge in [-0.2, -0.15) is 0 Å². The van der Waals surface area contributed by atoms with Gasteiger partial charge in [0.25, 0.3) is 5.97 Å². The number of oxime groups is 1. The molecule has 4 saturated carbocycles. The fraction of sp³-hybridized carbons (Fsp3) is 0.931. The van der Waals surface area contributed by atoms with Crippen LogP contribution in [-0.2, 0) is 4.79 Å². The van der Waals surface area contributed by atoms with Crippen molar-refractivity contribution in [3.8, 4) is 0 Å². The first-order valence-corrected chi connectivity index (χ1v) is 14.0. The van der Waals surface area contributed by atoms with Gasteiger partial charge in [-0.1, -0.05) is 53.4 Å². The molecule has 4 rings (SSSR count). The Labute approximate surface area is 203 Å². The van der Waals surface area contributed by atoms with Crippen molar-refractivity contribution in [1.29, 1.82) is 0 Å². The van der Waals surface area contributed by atoms with Crippen LogP contribution in [0.15, 0.2) is 5.16 Å². The Morgan fingerprint density at radius 3 is 2.36 bits per heavy atom. The minimum atomic E-state index is -0.833. The van der Waals surface area contributed by atoms with Gasteiger partial charge in [0.15, 0.2) is 0 Å². The fourth-order valence-corrected chi connectivity index (χ4v) is 9.42. The monoisotopic (exact) mass is 461 g/mol. The third-order valence-corrected chi connectivity index (χ3v) is 11.0. The smallest absolute Gasteiger partial charge is 0.300 e. The third-order valence-electron chi connectivity index (χ3n) is 11.0. The Kier molecular flexibility index (Phi) is 8.94. The van der Waals surface area contributed by atoms with Gasteiger partial charge in [-0.25, -0.2) is 0 Å². The van der Waals surface area contributed by atoms with Crippen LogP contribution in [0.3, 0.4) is 0 Å². The number of carbonyl (C=O) groups is 1. The van der Waals surface area contributed by atoms with E-state index in [-0.39, 0.29) is 0 Å². The summed E-state index contributed by atoms with van der Waals surface area (Å²) in [6, 6.07) is 0. The molecule has 4 heteroatoms. The Morgan fingerprint density at radius 2 is 1.67 bits per heavy atom.